The molecule has 0 saturated carbocycles. The topological polar surface area (TPSA) is 77.1 Å². The van der Waals surface area contributed by atoms with E-state index in [9.17, 15) is 14.0 Å². The van der Waals surface area contributed by atoms with Crippen molar-refractivity contribution in [3.05, 3.63) is 82.7 Å². The summed E-state index contributed by atoms with van der Waals surface area (Å²) < 4.78 is 29.1. The molecule has 4 rings (SSSR count). The molecule has 176 valence electrons. The van der Waals surface area contributed by atoms with E-state index in [-0.39, 0.29) is 17.6 Å². The predicted octanol–water partition coefficient (Wildman–Crippen LogP) is 3.98. The summed E-state index contributed by atoms with van der Waals surface area (Å²) in [6.07, 6.45) is 0.705. The molecule has 0 fully saturated rings. The minimum Gasteiger partial charge on any atom is -0.493 e. The number of carbonyl (C=O) groups is 2. The Bertz CT molecular complexity index is 1200. The fourth-order valence-electron chi connectivity index (χ4n) is 4.02. The van der Waals surface area contributed by atoms with Gasteiger partial charge < -0.3 is 24.4 Å². The molecule has 8 heteroatoms. The zero-order valence-corrected chi connectivity index (χ0v) is 19.2. The van der Waals surface area contributed by atoms with Gasteiger partial charge in [0.1, 0.15) is 5.82 Å². The van der Waals surface area contributed by atoms with Crippen molar-refractivity contribution in [2.24, 2.45) is 0 Å². The first-order valence-electron chi connectivity index (χ1n) is 10.7. The summed E-state index contributed by atoms with van der Waals surface area (Å²) in [5.74, 6) is 0.387. The van der Waals surface area contributed by atoms with E-state index in [1.807, 2.05) is 18.2 Å². The third kappa shape index (κ3) is 4.52. The molecule has 1 aliphatic heterocycles. The molecular weight excluding hydrogens is 439 g/mol. The van der Waals surface area contributed by atoms with Crippen molar-refractivity contribution in [1.82, 2.24) is 5.32 Å². The Balaban J connectivity index is 1.46. The first kappa shape index (κ1) is 23.1. The smallest absolute Gasteiger partial charge is 0.258 e. The van der Waals surface area contributed by atoms with Crippen molar-refractivity contribution in [2.45, 2.75) is 13.0 Å². The molecule has 0 aromatic heterocycles. The van der Waals surface area contributed by atoms with E-state index in [4.69, 9.17) is 14.2 Å². The number of nitrogens with zero attached hydrogens (tertiary/aromatic N) is 1. The second-order valence-electron chi connectivity index (χ2n) is 7.77. The molecule has 1 N–H and O–H groups in total. The van der Waals surface area contributed by atoms with Crippen molar-refractivity contribution < 1.29 is 28.2 Å². The lowest BCUT2D eigenvalue weighted by molar-refractivity contribution is 0.0948. The van der Waals surface area contributed by atoms with E-state index in [0.29, 0.717) is 47.9 Å². The standard InChI is InChI=1S/C26H25FN2O5/c1-32-22-13-19(14-23(33-2)24(22)34-3)25(30)28-15-16-4-9-21-18(12-16)10-11-29(21)26(31)17-5-7-20(27)8-6-17/h4-9,12-14H,10-11,15H2,1-3H3,(H,28,30). The number of halogens is 1. The van der Waals surface area contributed by atoms with E-state index in [0.717, 1.165) is 16.8 Å². The molecule has 3 aromatic carbocycles. The van der Waals surface area contributed by atoms with Crippen LogP contribution >= 0.6 is 0 Å². The third-order valence-electron chi connectivity index (χ3n) is 5.76. The first-order chi connectivity index (χ1) is 16.4. The molecule has 3 aromatic rings. The summed E-state index contributed by atoms with van der Waals surface area (Å²) in [5.41, 5.74) is 3.59. The van der Waals surface area contributed by atoms with Gasteiger partial charge in [-0.3, -0.25) is 9.59 Å². The van der Waals surface area contributed by atoms with E-state index in [1.54, 1.807) is 17.0 Å². The van der Waals surface area contributed by atoms with E-state index < -0.39 is 0 Å². The summed E-state index contributed by atoms with van der Waals surface area (Å²) in [7, 11) is 4.49. The highest BCUT2D eigenvalue weighted by Gasteiger charge is 2.26. The Hall–Kier alpha value is -4.07. The van der Waals surface area contributed by atoms with E-state index in [2.05, 4.69) is 5.32 Å². The van der Waals surface area contributed by atoms with Gasteiger partial charge in [-0.1, -0.05) is 12.1 Å². The Kier molecular flexibility index (Phi) is 6.67. The number of benzene rings is 3. The number of rotatable bonds is 7. The minimum absolute atomic E-state index is 0.165. The number of fused-ring (bicyclic) bond motifs is 1. The van der Waals surface area contributed by atoms with Crippen LogP contribution in [0.25, 0.3) is 0 Å². The summed E-state index contributed by atoms with van der Waals surface area (Å²) in [6, 6.07) is 14.5. The van der Waals surface area contributed by atoms with Crippen LogP contribution in [-0.2, 0) is 13.0 Å². The lowest BCUT2D eigenvalue weighted by Gasteiger charge is -2.18. The summed E-state index contributed by atoms with van der Waals surface area (Å²) in [5, 5.41) is 2.90. The molecule has 0 aliphatic carbocycles. The number of hydrogen-bond donors (Lipinski definition) is 1. The normalized spacial score (nSPS) is 12.2. The van der Waals surface area contributed by atoms with Crippen LogP contribution in [0, 0.1) is 5.82 Å². The maximum Gasteiger partial charge on any atom is 0.258 e. The average molecular weight is 464 g/mol. The molecule has 34 heavy (non-hydrogen) atoms. The highest BCUT2D eigenvalue weighted by molar-refractivity contribution is 6.07. The lowest BCUT2D eigenvalue weighted by atomic mass is 10.1. The molecule has 2 amide bonds. The fourth-order valence-corrected chi connectivity index (χ4v) is 4.02. The van der Waals surface area contributed by atoms with Crippen LogP contribution in [0.3, 0.4) is 0 Å². The number of methoxy groups -OCH3 is 3. The van der Waals surface area contributed by atoms with Gasteiger partial charge in [-0.15, -0.1) is 0 Å². The molecule has 0 saturated heterocycles. The highest BCUT2D eigenvalue weighted by atomic mass is 19.1. The van der Waals surface area contributed by atoms with Gasteiger partial charge in [0.2, 0.25) is 5.75 Å². The Morgan fingerprint density at radius 2 is 1.59 bits per heavy atom. The maximum absolute atomic E-state index is 13.2. The maximum atomic E-state index is 13.2. The van der Waals surface area contributed by atoms with Gasteiger partial charge in [0.25, 0.3) is 11.8 Å². The van der Waals surface area contributed by atoms with Crippen LogP contribution in [-0.4, -0.2) is 39.7 Å². The van der Waals surface area contributed by atoms with Gasteiger partial charge in [-0.25, -0.2) is 4.39 Å². The molecule has 0 radical (unpaired) electrons. The van der Waals surface area contributed by atoms with Crippen LogP contribution in [0.4, 0.5) is 10.1 Å². The zero-order valence-electron chi connectivity index (χ0n) is 19.2. The van der Waals surface area contributed by atoms with Gasteiger partial charge in [-0.05, 0) is 60.0 Å². The molecule has 1 aliphatic rings. The van der Waals surface area contributed by atoms with Gasteiger partial charge in [0.15, 0.2) is 11.5 Å². The fraction of sp³-hybridized carbons (Fsp3) is 0.231. The predicted molar refractivity (Wildman–Crippen MR) is 125 cm³/mol. The van der Waals surface area contributed by atoms with Gasteiger partial charge >= 0.3 is 0 Å². The van der Waals surface area contributed by atoms with Gasteiger partial charge in [0.05, 0.1) is 21.3 Å². The van der Waals surface area contributed by atoms with Crippen molar-refractivity contribution in [1.29, 1.82) is 0 Å². The summed E-state index contributed by atoms with van der Waals surface area (Å²) >= 11 is 0. The highest BCUT2D eigenvalue weighted by Crippen LogP contribution is 2.38. The number of hydrogen-bond acceptors (Lipinski definition) is 5. The SMILES string of the molecule is COc1cc(C(=O)NCc2ccc3c(c2)CCN3C(=O)c2ccc(F)cc2)cc(OC)c1OC. The molecule has 0 unspecified atom stereocenters. The molecule has 0 spiro atoms. The van der Waals surface area contributed by atoms with Crippen molar-refractivity contribution >= 4 is 17.5 Å². The number of ether oxygens (including phenoxy) is 3. The van der Waals surface area contributed by atoms with Crippen LogP contribution in [0.1, 0.15) is 31.8 Å². The molecular formula is C26H25FN2O5. The van der Waals surface area contributed by atoms with Gasteiger partial charge in [0, 0.05) is 29.9 Å². The third-order valence-corrected chi connectivity index (χ3v) is 5.76. The Morgan fingerprint density at radius 3 is 2.21 bits per heavy atom. The van der Waals surface area contributed by atoms with Gasteiger partial charge in [-0.2, -0.15) is 0 Å². The zero-order chi connectivity index (χ0) is 24.2. The van der Waals surface area contributed by atoms with Crippen LogP contribution < -0.4 is 24.4 Å². The van der Waals surface area contributed by atoms with Crippen molar-refractivity contribution in [2.75, 3.05) is 32.8 Å². The lowest BCUT2D eigenvalue weighted by Crippen LogP contribution is -2.28. The molecule has 1 heterocycles. The molecule has 0 bridgehead atoms. The molecule has 7 nitrogen and oxygen atoms in total. The minimum atomic E-state index is -0.378. The summed E-state index contributed by atoms with van der Waals surface area (Å²) in [6.45, 7) is 0.863. The monoisotopic (exact) mass is 464 g/mol. The quantitative estimate of drug-likeness (QED) is 0.572. The Morgan fingerprint density at radius 1 is 0.912 bits per heavy atom. The Labute approximate surface area is 197 Å². The van der Waals surface area contributed by atoms with Crippen LogP contribution in [0.15, 0.2) is 54.6 Å². The van der Waals surface area contributed by atoms with E-state index >= 15 is 0 Å². The van der Waals surface area contributed by atoms with E-state index in [1.165, 1.54) is 45.6 Å². The number of nitrogens with one attached hydrogen (secondary N) is 1. The number of amides is 2. The average Bonchev–Trinajstić information content (AvgIpc) is 3.29. The van der Waals surface area contributed by atoms with Crippen molar-refractivity contribution in [3.63, 3.8) is 0 Å². The first-order valence-corrected chi connectivity index (χ1v) is 10.7. The largest absolute Gasteiger partial charge is 0.493 e. The van der Waals surface area contributed by atoms with Crippen LogP contribution in [0.2, 0.25) is 0 Å². The molecule has 0 atom stereocenters. The van der Waals surface area contributed by atoms with Crippen molar-refractivity contribution in [3.8, 4) is 17.2 Å². The second-order valence-corrected chi connectivity index (χ2v) is 7.77. The second kappa shape index (κ2) is 9.82. The summed E-state index contributed by atoms with van der Waals surface area (Å²) in [4.78, 5) is 27.3. The number of carbonyl (C=O) groups excluding carboxylic acids is 2. The van der Waals surface area contributed by atoms with Crippen LogP contribution in [0.5, 0.6) is 17.2 Å². The number of anilines is 1.